The maximum absolute atomic E-state index is 6.19. The molecule has 0 radical (unpaired) electrons. The van der Waals surface area contributed by atoms with Crippen molar-refractivity contribution in [1.29, 1.82) is 0 Å². The van der Waals surface area contributed by atoms with Crippen molar-refractivity contribution in [2.45, 2.75) is 58.0 Å². The molecule has 0 atom stereocenters. The minimum atomic E-state index is 0. The van der Waals surface area contributed by atoms with Crippen molar-refractivity contribution in [2.75, 3.05) is 13.7 Å². The van der Waals surface area contributed by atoms with E-state index in [0.29, 0.717) is 23.4 Å². The molecule has 1 aromatic carbocycles. The van der Waals surface area contributed by atoms with Gasteiger partial charge in [-0.15, -0.1) is 12.4 Å². The average molecular weight is 348 g/mol. The van der Waals surface area contributed by atoms with E-state index in [9.17, 15) is 0 Å². The molecule has 0 saturated heterocycles. The molecule has 1 saturated carbocycles. The van der Waals surface area contributed by atoms with Gasteiger partial charge in [0.15, 0.2) is 11.5 Å². The van der Waals surface area contributed by atoms with E-state index in [2.05, 4.69) is 5.32 Å². The predicted octanol–water partition coefficient (Wildman–Crippen LogP) is 4.98. The average Bonchev–Trinajstić information content (AvgIpc) is 2.75. The minimum absolute atomic E-state index is 0. The number of rotatable bonds is 6. The third kappa shape index (κ3) is 5.53. The number of ether oxygens (including phenoxy) is 2. The second kappa shape index (κ2) is 10.2. The lowest BCUT2D eigenvalue weighted by molar-refractivity contribution is 0.305. The molecule has 0 aliphatic heterocycles. The second-order valence-electron chi connectivity index (χ2n) is 5.60. The van der Waals surface area contributed by atoms with Crippen LogP contribution in [0.25, 0.3) is 0 Å². The molecule has 22 heavy (non-hydrogen) atoms. The van der Waals surface area contributed by atoms with Crippen LogP contribution in [0, 0.1) is 0 Å². The van der Waals surface area contributed by atoms with Crippen molar-refractivity contribution < 1.29 is 9.47 Å². The number of nitrogens with one attached hydrogen (secondary N) is 1. The standard InChI is InChI=1S/C17H26ClNO2.ClH/c1-3-21-17-13(10-14(18)11-16(17)20-2)12-19-15-8-6-4-5-7-9-15;/h10-11,15,19H,3-9,12H2,1-2H3;1H. The van der Waals surface area contributed by atoms with Gasteiger partial charge in [0.2, 0.25) is 0 Å². The van der Waals surface area contributed by atoms with Gasteiger partial charge in [-0.3, -0.25) is 0 Å². The Hall–Kier alpha value is -0.640. The molecule has 1 aromatic rings. The van der Waals surface area contributed by atoms with Crippen molar-refractivity contribution in [3.05, 3.63) is 22.7 Å². The molecule has 0 heterocycles. The molecule has 1 fully saturated rings. The summed E-state index contributed by atoms with van der Waals surface area (Å²) >= 11 is 6.19. The highest BCUT2D eigenvalue weighted by Gasteiger charge is 2.15. The van der Waals surface area contributed by atoms with Gasteiger partial charge in [0.25, 0.3) is 0 Å². The lowest BCUT2D eigenvalue weighted by Crippen LogP contribution is -2.28. The summed E-state index contributed by atoms with van der Waals surface area (Å²) in [6, 6.07) is 4.38. The van der Waals surface area contributed by atoms with Gasteiger partial charge in [0, 0.05) is 29.2 Å². The maximum Gasteiger partial charge on any atom is 0.165 e. The monoisotopic (exact) mass is 347 g/mol. The molecule has 0 bridgehead atoms. The minimum Gasteiger partial charge on any atom is -0.493 e. The Morgan fingerprint density at radius 2 is 1.86 bits per heavy atom. The van der Waals surface area contributed by atoms with Crippen molar-refractivity contribution in [3.63, 3.8) is 0 Å². The molecule has 0 amide bonds. The molecule has 1 aliphatic rings. The van der Waals surface area contributed by atoms with E-state index in [0.717, 1.165) is 17.9 Å². The van der Waals surface area contributed by atoms with Gasteiger partial charge < -0.3 is 14.8 Å². The zero-order chi connectivity index (χ0) is 15.1. The predicted molar refractivity (Wildman–Crippen MR) is 94.8 cm³/mol. The Morgan fingerprint density at radius 1 is 1.18 bits per heavy atom. The smallest absolute Gasteiger partial charge is 0.165 e. The first-order chi connectivity index (χ1) is 10.2. The third-order valence-corrected chi connectivity index (χ3v) is 4.26. The number of methoxy groups -OCH3 is 1. The molecule has 1 N–H and O–H groups in total. The number of hydrogen-bond acceptors (Lipinski definition) is 3. The van der Waals surface area contributed by atoms with Gasteiger partial charge in [0.1, 0.15) is 0 Å². The fraction of sp³-hybridized carbons (Fsp3) is 0.647. The van der Waals surface area contributed by atoms with Crippen LogP contribution in [0.3, 0.4) is 0 Å². The summed E-state index contributed by atoms with van der Waals surface area (Å²) in [4.78, 5) is 0. The van der Waals surface area contributed by atoms with Crippen LogP contribution >= 0.6 is 24.0 Å². The molecule has 0 spiro atoms. The van der Waals surface area contributed by atoms with Crippen LogP contribution in [0.5, 0.6) is 11.5 Å². The number of benzene rings is 1. The lowest BCUT2D eigenvalue weighted by Gasteiger charge is -2.19. The van der Waals surface area contributed by atoms with Crippen LogP contribution in [0.15, 0.2) is 12.1 Å². The van der Waals surface area contributed by atoms with Crippen LogP contribution in [0.2, 0.25) is 5.02 Å². The Kier molecular flexibility index (Phi) is 8.99. The second-order valence-corrected chi connectivity index (χ2v) is 6.04. The summed E-state index contributed by atoms with van der Waals surface area (Å²) < 4.78 is 11.1. The number of halogens is 2. The summed E-state index contributed by atoms with van der Waals surface area (Å²) in [6.45, 7) is 3.38. The van der Waals surface area contributed by atoms with E-state index in [-0.39, 0.29) is 12.4 Å². The van der Waals surface area contributed by atoms with Gasteiger partial charge in [-0.1, -0.05) is 37.3 Å². The summed E-state index contributed by atoms with van der Waals surface area (Å²) in [5, 5.41) is 4.35. The van der Waals surface area contributed by atoms with E-state index in [1.54, 1.807) is 7.11 Å². The van der Waals surface area contributed by atoms with Gasteiger partial charge in [-0.2, -0.15) is 0 Å². The zero-order valence-corrected chi connectivity index (χ0v) is 15.1. The molecule has 2 rings (SSSR count). The van der Waals surface area contributed by atoms with Crippen molar-refractivity contribution >= 4 is 24.0 Å². The summed E-state index contributed by atoms with van der Waals surface area (Å²) in [5.41, 5.74) is 1.07. The first kappa shape index (κ1) is 19.4. The van der Waals surface area contributed by atoms with Crippen LogP contribution < -0.4 is 14.8 Å². The van der Waals surface area contributed by atoms with Crippen molar-refractivity contribution in [1.82, 2.24) is 5.32 Å². The normalized spacial score (nSPS) is 15.8. The third-order valence-electron chi connectivity index (χ3n) is 4.04. The number of hydrogen-bond donors (Lipinski definition) is 1. The highest BCUT2D eigenvalue weighted by Crippen LogP contribution is 2.35. The van der Waals surface area contributed by atoms with E-state index in [1.165, 1.54) is 38.5 Å². The van der Waals surface area contributed by atoms with E-state index in [1.807, 2.05) is 19.1 Å². The zero-order valence-electron chi connectivity index (χ0n) is 13.5. The van der Waals surface area contributed by atoms with E-state index >= 15 is 0 Å². The van der Waals surface area contributed by atoms with E-state index < -0.39 is 0 Å². The first-order valence-corrected chi connectivity index (χ1v) is 8.35. The Labute approximate surface area is 145 Å². The molecule has 126 valence electrons. The summed E-state index contributed by atoms with van der Waals surface area (Å²) in [6.07, 6.45) is 7.92. The first-order valence-electron chi connectivity index (χ1n) is 7.97. The quantitative estimate of drug-likeness (QED) is 0.736. The molecule has 0 aromatic heterocycles. The molecule has 5 heteroatoms. The van der Waals surface area contributed by atoms with Gasteiger partial charge in [0.05, 0.1) is 13.7 Å². The Morgan fingerprint density at radius 3 is 2.45 bits per heavy atom. The van der Waals surface area contributed by atoms with Crippen LogP contribution in [0.4, 0.5) is 0 Å². The molecular formula is C17H27Cl2NO2. The van der Waals surface area contributed by atoms with Gasteiger partial charge in [-0.05, 0) is 25.8 Å². The molecule has 1 aliphatic carbocycles. The Bertz CT molecular complexity index is 447. The highest BCUT2D eigenvalue weighted by molar-refractivity contribution is 6.30. The Balaban J connectivity index is 0.00000242. The van der Waals surface area contributed by atoms with Crippen LogP contribution in [-0.4, -0.2) is 19.8 Å². The fourth-order valence-corrected chi connectivity index (χ4v) is 3.18. The largest absolute Gasteiger partial charge is 0.493 e. The fourth-order valence-electron chi connectivity index (χ4n) is 2.95. The van der Waals surface area contributed by atoms with Crippen LogP contribution in [0.1, 0.15) is 51.0 Å². The maximum atomic E-state index is 6.19. The van der Waals surface area contributed by atoms with Crippen molar-refractivity contribution in [2.24, 2.45) is 0 Å². The molecular weight excluding hydrogens is 321 g/mol. The summed E-state index contributed by atoms with van der Waals surface area (Å²) in [7, 11) is 1.65. The molecule has 0 unspecified atom stereocenters. The van der Waals surface area contributed by atoms with E-state index in [4.69, 9.17) is 21.1 Å². The van der Waals surface area contributed by atoms with Crippen LogP contribution in [-0.2, 0) is 6.54 Å². The highest BCUT2D eigenvalue weighted by atomic mass is 35.5. The SMILES string of the molecule is CCOc1c(CNC2CCCCCC2)cc(Cl)cc1OC.Cl. The van der Waals surface area contributed by atoms with Gasteiger partial charge in [-0.25, -0.2) is 0 Å². The van der Waals surface area contributed by atoms with Gasteiger partial charge >= 0.3 is 0 Å². The lowest BCUT2D eigenvalue weighted by atomic mass is 10.1. The van der Waals surface area contributed by atoms with Crippen molar-refractivity contribution in [3.8, 4) is 11.5 Å². The topological polar surface area (TPSA) is 30.5 Å². The molecule has 3 nitrogen and oxygen atoms in total. The summed E-state index contributed by atoms with van der Waals surface area (Å²) in [5.74, 6) is 1.52.